The second kappa shape index (κ2) is 5.48. The molecule has 0 amide bonds. The fourth-order valence-corrected chi connectivity index (χ4v) is 2.76. The molecule has 1 aliphatic rings. The molecular weight excluding hydrogens is 244 g/mol. The fourth-order valence-electron chi connectivity index (χ4n) is 1.79. The normalized spacial score (nSPS) is 19.6. The number of nitrogens with one attached hydrogen (secondary N) is 2. The van der Waals surface area contributed by atoms with E-state index in [0.29, 0.717) is 10.0 Å². The minimum Gasteiger partial charge on any atom is -0.361 e. The number of thiazole rings is 1. The Labute approximate surface area is 104 Å². The van der Waals surface area contributed by atoms with Crippen LogP contribution in [0.5, 0.6) is 0 Å². The van der Waals surface area contributed by atoms with E-state index in [1.807, 2.05) is 6.07 Å². The topological polar surface area (TPSA) is 60.7 Å². The summed E-state index contributed by atoms with van der Waals surface area (Å²) in [4.78, 5) is 4.56. The van der Waals surface area contributed by atoms with Crippen LogP contribution >= 0.6 is 22.9 Å². The van der Waals surface area contributed by atoms with Crippen LogP contribution in [0.15, 0.2) is 0 Å². The average molecular weight is 257 g/mol. The number of hydrogen-bond donors (Lipinski definition) is 2. The molecule has 0 aromatic carbocycles. The summed E-state index contributed by atoms with van der Waals surface area (Å²) in [6, 6.07) is 2.02. The third-order valence-electron chi connectivity index (χ3n) is 2.68. The van der Waals surface area contributed by atoms with Crippen molar-refractivity contribution in [1.82, 2.24) is 10.3 Å². The molecule has 2 heterocycles. The van der Waals surface area contributed by atoms with Crippen LogP contribution in [0.1, 0.15) is 17.7 Å². The molecule has 86 valence electrons. The van der Waals surface area contributed by atoms with Crippen molar-refractivity contribution in [2.24, 2.45) is 5.92 Å². The highest BCUT2D eigenvalue weighted by Crippen LogP contribution is 2.26. The summed E-state index contributed by atoms with van der Waals surface area (Å²) in [7, 11) is 0. The lowest BCUT2D eigenvalue weighted by molar-refractivity contribution is 0.549. The highest BCUT2D eigenvalue weighted by atomic mass is 35.5. The van der Waals surface area contributed by atoms with Gasteiger partial charge in [0.1, 0.15) is 10.9 Å². The maximum absolute atomic E-state index is 8.73. The zero-order valence-electron chi connectivity index (χ0n) is 8.79. The first-order valence-corrected chi connectivity index (χ1v) is 6.50. The van der Waals surface area contributed by atoms with E-state index < -0.39 is 0 Å². The van der Waals surface area contributed by atoms with Crippen LogP contribution < -0.4 is 10.6 Å². The maximum Gasteiger partial charge on any atom is 0.185 e. The molecule has 16 heavy (non-hydrogen) atoms. The molecule has 2 N–H and O–H groups in total. The van der Waals surface area contributed by atoms with E-state index in [-0.39, 0.29) is 0 Å². The number of halogens is 1. The second-order valence-corrected chi connectivity index (χ2v) is 5.18. The molecule has 0 bridgehead atoms. The molecule has 1 unspecified atom stereocenters. The molecule has 0 saturated carbocycles. The Morgan fingerprint density at radius 3 is 3.19 bits per heavy atom. The monoisotopic (exact) mass is 256 g/mol. The number of hydrogen-bond acceptors (Lipinski definition) is 5. The molecule has 4 nitrogen and oxygen atoms in total. The summed E-state index contributed by atoms with van der Waals surface area (Å²) in [5.74, 6) is 0.762. The highest BCUT2D eigenvalue weighted by Gasteiger charge is 2.14. The molecule has 0 aliphatic carbocycles. The van der Waals surface area contributed by atoms with Crippen molar-refractivity contribution >= 4 is 28.1 Å². The van der Waals surface area contributed by atoms with Crippen molar-refractivity contribution in [2.45, 2.75) is 12.8 Å². The molecule has 1 fully saturated rings. The van der Waals surface area contributed by atoms with Crippen LogP contribution in [-0.4, -0.2) is 24.6 Å². The van der Waals surface area contributed by atoms with Gasteiger partial charge in [0.25, 0.3) is 0 Å². The number of nitrogens with zero attached hydrogens (tertiary/aromatic N) is 2. The molecule has 1 saturated heterocycles. The lowest BCUT2D eigenvalue weighted by atomic mass is 10.1. The predicted octanol–water partition coefficient (Wildman–Crippen LogP) is 2.08. The maximum atomic E-state index is 8.73. The van der Waals surface area contributed by atoms with Gasteiger partial charge >= 0.3 is 0 Å². The SMILES string of the molecule is N#Cc1sc(NCCC2CCNC2)nc1Cl. The fraction of sp³-hybridized carbons (Fsp3) is 0.600. The second-order valence-electron chi connectivity index (χ2n) is 3.83. The van der Waals surface area contributed by atoms with Crippen LogP contribution in [0.3, 0.4) is 0 Å². The minimum absolute atomic E-state index is 0.303. The van der Waals surface area contributed by atoms with Crippen molar-refractivity contribution < 1.29 is 0 Å². The van der Waals surface area contributed by atoms with Gasteiger partial charge in [-0.1, -0.05) is 22.9 Å². The van der Waals surface area contributed by atoms with E-state index in [1.54, 1.807) is 0 Å². The Morgan fingerprint density at radius 2 is 2.56 bits per heavy atom. The smallest absolute Gasteiger partial charge is 0.185 e. The third kappa shape index (κ3) is 2.85. The number of rotatable bonds is 4. The van der Waals surface area contributed by atoms with Crippen LogP contribution in [-0.2, 0) is 0 Å². The van der Waals surface area contributed by atoms with Crippen LogP contribution in [0.25, 0.3) is 0 Å². The molecule has 1 atom stereocenters. The largest absolute Gasteiger partial charge is 0.361 e. The van der Waals surface area contributed by atoms with Crippen LogP contribution in [0.4, 0.5) is 5.13 Å². The van der Waals surface area contributed by atoms with Crippen molar-refractivity contribution in [3.63, 3.8) is 0 Å². The number of anilines is 1. The lowest BCUT2D eigenvalue weighted by Crippen LogP contribution is -2.12. The predicted molar refractivity (Wildman–Crippen MR) is 65.9 cm³/mol. The van der Waals surface area contributed by atoms with Crippen molar-refractivity contribution in [3.8, 4) is 6.07 Å². The Bertz CT molecular complexity index is 392. The van der Waals surface area contributed by atoms with Gasteiger partial charge in [0, 0.05) is 6.54 Å². The molecule has 2 rings (SSSR count). The summed E-state index contributed by atoms with van der Waals surface area (Å²) in [5.41, 5.74) is 0. The van der Waals surface area contributed by atoms with E-state index in [0.717, 1.165) is 37.1 Å². The molecule has 6 heteroatoms. The zero-order valence-corrected chi connectivity index (χ0v) is 10.4. The van der Waals surface area contributed by atoms with E-state index in [2.05, 4.69) is 15.6 Å². The van der Waals surface area contributed by atoms with Gasteiger partial charge in [-0.15, -0.1) is 0 Å². The average Bonchev–Trinajstić information content (AvgIpc) is 2.88. The first-order valence-electron chi connectivity index (χ1n) is 5.30. The van der Waals surface area contributed by atoms with Crippen LogP contribution in [0.2, 0.25) is 5.15 Å². The minimum atomic E-state index is 0.303. The quantitative estimate of drug-likeness (QED) is 0.866. The number of aromatic nitrogens is 1. The van der Waals surface area contributed by atoms with Gasteiger partial charge in [0.15, 0.2) is 10.3 Å². The molecule has 0 radical (unpaired) electrons. The Kier molecular flexibility index (Phi) is 3.99. The lowest BCUT2D eigenvalue weighted by Gasteiger charge is -2.07. The van der Waals surface area contributed by atoms with Gasteiger partial charge in [-0.05, 0) is 31.8 Å². The molecular formula is C10H13ClN4S. The Balaban J connectivity index is 1.78. The standard InChI is InChI=1S/C10H13ClN4S/c11-9-8(5-12)16-10(15-9)14-4-2-7-1-3-13-6-7/h7,13H,1-4,6H2,(H,14,15). The van der Waals surface area contributed by atoms with Crippen molar-refractivity contribution in [1.29, 1.82) is 5.26 Å². The molecule has 1 aromatic heterocycles. The first-order chi connectivity index (χ1) is 7.79. The van der Waals surface area contributed by atoms with Gasteiger partial charge in [-0.2, -0.15) is 5.26 Å². The Morgan fingerprint density at radius 1 is 1.69 bits per heavy atom. The van der Waals surface area contributed by atoms with Crippen molar-refractivity contribution in [2.75, 3.05) is 25.0 Å². The van der Waals surface area contributed by atoms with Gasteiger partial charge in [-0.3, -0.25) is 0 Å². The summed E-state index contributed by atoms with van der Waals surface area (Å²) in [5, 5.41) is 16.3. The molecule has 0 spiro atoms. The van der Waals surface area contributed by atoms with Gasteiger partial charge < -0.3 is 10.6 Å². The summed E-state index contributed by atoms with van der Waals surface area (Å²) < 4.78 is 0. The van der Waals surface area contributed by atoms with E-state index in [4.69, 9.17) is 16.9 Å². The summed E-state index contributed by atoms with van der Waals surface area (Å²) >= 11 is 7.09. The van der Waals surface area contributed by atoms with Crippen LogP contribution in [0, 0.1) is 17.2 Å². The highest BCUT2D eigenvalue weighted by molar-refractivity contribution is 7.16. The zero-order chi connectivity index (χ0) is 11.4. The summed E-state index contributed by atoms with van der Waals surface area (Å²) in [6.45, 7) is 3.14. The summed E-state index contributed by atoms with van der Waals surface area (Å²) in [6.07, 6.45) is 2.38. The van der Waals surface area contributed by atoms with E-state index in [9.17, 15) is 0 Å². The van der Waals surface area contributed by atoms with Gasteiger partial charge in [-0.25, -0.2) is 4.98 Å². The number of nitriles is 1. The first kappa shape index (κ1) is 11.6. The van der Waals surface area contributed by atoms with Gasteiger partial charge in [0.05, 0.1) is 0 Å². The Hall–Kier alpha value is -0.830. The molecule has 1 aliphatic heterocycles. The molecule has 1 aromatic rings. The third-order valence-corrected chi connectivity index (χ3v) is 3.98. The van der Waals surface area contributed by atoms with Gasteiger partial charge in [0.2, 0.25) is 0 Å². The van der Waals surface area contributed by atoms with E-state index >= 15 is 0 Å². The van der Waals surface area contributed by atoms with Crippen molar-refractivity contribution in [3.05, 3.63) is 10.0 Å². The van der Waals surface area contributed by atoms with E-state index in [1.165, 1.54) is 17.8 Å².